The van der Waals surface area contributed by atoms with Gasteiger partial charge in [0.05, 0.1) is 12.5 Å². The molecule has 3 heteroatoms. The van der Waals surface area contributed by atoms with Crippen molar-refractivity contribution < 1.29 is 0 Å². The summed E-state index contributed by atoms with van der Waals surface area (Å²) in [5.74, 6) is 0. The first-order valence-electron chi connectivity index (χ1n) is 6.93. The molecule has 2 rings (SSSR count). The van der Waals surface area contributed by atoms with Gasteiger partial charge in [-0.3, -0.25) is 0 Å². The highest BCUT2D eigenvalue weighted by Gasteiger charge is 2.29. The SMILES string of the molecule is Cc1ccccc1N1CC(CC#N)NCC(C)(C)C1. The van der Waals surface area contributed by atoms with Gasteiger partial charge in [0.1, 0.15) is 0 Å². The van der Waals surface area contributed by atoms with Crippen LogP contribution in [0.2, 0.25) is 0 Å². The molecule has 0 saturated carbocycles. The normalized spacial score (nSPS) is 22.6. The lowest BCUT2D eigenvalue weighted by atomic mass is 9.93. The summed E-state index contributed by atoms with van der Waals surface area (Å²) >= 11 is 0. The number of para-hydroxylation sites is 1. The average molecular weight is 257 g/mol. The van der Waals surface area contributed by atoms with E-state index in [0.29, 0.717) is 6.42 Å². The van der Waals surface area contributed by atoms with E-state index in [1.165, 1.54) is 11.3 Å². The Morgan fingerprint density at radius 3 is 2.84 bits per heavy atom. The fourth-order valence-electron chi connectivity index (χ4n) is 2.74. The molecular formula is C16H23N3. The van der Waals surface area contributed by atoms with Crippen LogP contribution in [0.25, 0.3) is 0 Å². The van der Waals surface area contributed by atoms with Crippen LogP contribution in [0.5, 0.6) is 0 Å². The number of hydrogen-bond acceptors (Lipinski definition) is 3. The van der Waals surface area contributed by atoms with Gasteiger partial charge in [-0.15, -0.1) is 0 Å². The van der Waals surface area contributed by atoms with Crippen molar-refractivity contribution in [1.82, 2.24) is 5.32 Å². The molecule has 0 bridgehead atoms. The molecule has 0 spiro atoms. The summed E-state index contributed by atoms with van der Waals surface area (Å²) in [6.07, 6.45) is 0.568. The van der Waals surface area contributed by atoms with Gasteiger partial charge < -0.3 is 10.2 Å². The van der Waals surface area contributed by atoms with Crippen molar-refractivity contribution in [2.45, 2.75) is 33.2 Å². The van der Waals surface area contributed by atoms with Gasteiger partial charge in [0, 0.05) is 31.4 Å². The minimum absolute atomic E-state index is 0.215. The Labute approximate surface area is 116 Å². The zero-order valence-electron chi connectivity index (χ0n) is 12.1. The van der Waals surface area contributed by atoms with Crippen molar-refractivity contribution in [3.05, 3.63) is 29.8 Å². The van der Waals surface area contributed by atoms with E-state index in [9.17, 15) is 0 Å². The Hall–Kier alpha value is -1.53. The van der Waals surface area contributed by atoms with Crippen LogP contribution in [0.3, 0.4) is 0 Å². The summed E-state index contributed by atoms with van der Waals surface area (Å²) in [4.78, 5) is 2.43. The Morgan fingerprint density at radius 2 is 2.16 bits per heavy atom. The van der Waals surface area contributed by atoms with E-state index < -0.39 is 0 Å². The van der Waals surface area contributed by atoms with Crippen LogP contribution in [0.1, 0.15) is 25.8 Å². The Kier molecular flexibility index (Phi) is 4.11. The van der Waals surface area contributed by atoms with Gasteiger partial charge >= 0.3 is 0 Å². The van der Waals surface area contributed by atoms with Gasteiger partial charge in [-0.25, -0.2) is 0 Å². The lowest BCUT2D eigenvalue weighted by Crippen LogP contribution is -2.37. The number of rotatable bonds is 2. The second kappa shape index (κ2) is 5.63. The van der Waals surface area contributed by atoms with Crippen molar-refractivity contribution >= 4 is 5.69 Å². The topological polar surface area (TPSA) is 39.1 Å². The summed E-state index contributed by atoms with van der Waals surface area (Å²) in [6, 6.07) is 11.0. The fraction of sp³-hybridized carbons (Fsp3) is 0.562. The van der Waals surface area contributed by atoms with Crippen molar-refractivity contribution in [3.63, 3.8) is 0 Å². The third-order valence-corrected chi connectivity index (χ3v) is 3.72. The number of benzene rings is 1. The van der Waals surface area contributed by atoms with Crippen LogP contribution in [0.15, 0.2) is 24.3 Å². The minimum Gasteiger partial charge on any atom is -0.369 e. The summed E-state index contributed by atoms with van der Waals surface area (Å²) < 4.78 is 0. The van der Waals surface area contributed by atoms with Gasteiger partial charge in [-0.05, 0) is 24.0 Å². The van der Waals surface area contributed by atoms with Crippen molar-refractivity contribution in [2.24, 2.45) is 5.41 Å². The van der Waals surface area contributed by atoms with Gasteiger partial charge in [0.15, 0.2) is 0 Å². The van der Waals surface area contributed by atoms with E-state index in [1.54, 1.807) is 0 Å². The van der Waals surface area contributed by atoms with Crippen LogP contribution in [0.4, 0.5) is 5.69 Å². The number of hydrogen-bond donors (Lipinski definition) is 1. The van der Waals surface area contributed by atoms with Crippen LogP contribution in [0, 0.1) is 23.7 Å². The van der Waals surface area contributed by atoms with Gasteiger partial charge in [-0.1, -0.05) is 32.0 Å². The molecule has 1 N–H and O–H groups in total. The molecule has 0 amide bonds. The van der Waals surface area contributed by atoms with Gasteiger partial charge in [0.25, 0.3) is 0 Å². The van der Waals surface area contributed by atoms with Crippen LogP contribution < -0.4 is 10.2 Å². The molecule has 1 atom stereocenters. The minimum atomic E-state index is 0.215. The molecule has 19 heavy (non-hydrogen) atoms. The molecule has 1 aromatic rings. The van der Waals surface area contributed by atoms with Gasteiger partial charge in [-0.2, -0.15) is 5.26 Å². The quantitative estimate of drug-likeness (QED) is 0.885. The molecule has 0 aliphatic carbocycles. The van der Waals surface area contributed by atoms with Crippen LogP contribution in [-0.2, 0) is 0 Å². The maximum atomic E-state index is 8.94. The lowest BCUT2D eigenvalue weighted by Gasteiger charge is -2.32. The van der Waals surface area contributed by atoms with Crippen LogP contribution in [-0.4, -0.2) is 25.7 Å². The van der Waals surface area contributed by atoms with E-state index in [0.717, 1.165) is 19.6 Å². The molecule has 1 fully saturated rings. The molecule has 1 saturated heterocycles. The summed E-state index contributed by atoms with van der Waals surface area (Å²) in [6.45, 7) is 9.59. The zero-order valence-corrected chi connectivity index (χ0v) is 12.1. The molecule has 0 radical (unpaired) electrons. The van der Waals surface area contributed by atoms with Gasteiger partial charge in [0.2, 0.25) is 0 Å². The second-order valence-corrected chi connectivity index (χ2v) is 6.27. The second-order valence-electron chi connectivity index (χ2n) is 6.27. The fourth-order valence-corrected chi connectivity index (χ4v) is 2.74. The number of nitrogens with zero attached hydrogens (tertiary/aromatic N) is 2. The van der Waals surface area contributed by atoms with E-state index >= 15 is 0 Å². The standard InChI is InChI=1S/C16H23N3/c1-13-6-4-5-7-15(13)19-10-14(8-9-17)18-11-16(2,3)12-19/h4-7,14,18H,8,10-12H2,1-3H3. The first-order valence-corrected chi connectivity index (χ1v) is 6.93. The van der Waals surface area contributed by atoms with Crippen molar-refractivity contribution in [2.75, 3.05) is 24.5 Å². The van der Waals surface area contributed by atoms with E-state index in [2.05, 4.69) is 61.3 Å². The molecule has 102 valence electrons. The smallest absolute Gasteiger partial charge is 0.0638 e. The molecule has 3 nitrogen and oxygen atoms in total. The Bertz CT molecular complexity index is 473. The van der Waals surface area contributed by atoms with E-state index in [4.69, 9.17) is 5.26 Å². The molecular weight excluding hydrogens is 234 g/mol. The summed E-state index contributed by atoms with van der Waals surface area (Å²) in [5.41, 5.74) is 2.81. The largest absolute Gasteiger partial charge is 0.369 e. The predicted molar refractivity (Wildman–Crippen MR) is 79.2 cm³/mol. The molecule has 1 unspecified atom stereocenters. The average Bonchev–Trinajstić information content (AvgIpc) is 2.50. The van der Waals surface area contributed by atoms with Crippen LogP contribution >= 0.6 is 0 Å². The number of aryl methyl sites for hydroxylation is 1. The van der Waals surface area contributed by atoms with Crippen molar-refractivity contribution in [3.8, 4) is 6.07 Å². The van der Waals surface area contributed by atoms with E-state index in [1.807, 2.05) is 0 Å². The lowest BCUT2D eigenvalue weighted by molar-refractivity contribution is 0.360. The first kappa shape index (κ1) is 13.9. The maximum Gasteiger partial charge on any atom is 0.0638 e. The number of anilines is 1. The predicted octanol–water partition coefficient (Wildman–Crippen LogP) is 2.71. The summed E-state index contributed by atoms with van der Waals surface area (Å²) in [5, 5.41) is 12.5. The molecule has 1 aromatic carbocycles. The molecule has 1 aliphatic rings. The summed E-state index contributed by atoms with van der Waals surface area (Å²) in [7, 11) is 0. The molecule has 1 aliphatic heterocycles. The number of nitriles is 1. The molecule has 0 aromatic heterocycles. The third-order valence-electron chi connectivity index (χ3n) is 3.72. The highest BCUT2D eigenvalue weighted by atomic mass is 15.2. The highest BCUT2D eigenvalue weighted by molar-refractivity contribution is 5.53. The number of nitrogens with one attached hydrogen (secondary N) is 1. The van der Waals surface area contributed by atoms with Crippen molar-refractivity contribution in [1.29, 1.82) is 5.26 Å². The zero-order chi connectivity index (χ0) is 13.9. The Morgan fingerprint density at radius 1 is 1.42 bits per heavy atom. The Balaban J connectivity index is 2.26. The monoisotopic (exact) mass is 257 g/mol. The third kappa shape index (κ3) is 3.48. The molecule has 1 heterocycles. The maximum absolute atomic E-state index is 8.94. The first-order chi connectivity index (χ1) is 9.02. The van der Waals surface area contributed by atoms with E-state index in [-0.39, 0.29) is 11.5 Å². The highest BCUT2D eigenvalue weighted by Crippen LogP contribution is 2.27.